The molecule has 3 nitrogen and oxygen atoms in total. The van der Waals surface area contributed by atoms with Crippen LogP contribution >= 0.6 is 11.3 Å². The van der Waals surface area contributed by atoms with E-state index in [1.54, 1.807) is 23.8 Å². The van der Waals surface area contributed by atoms with E-state index in [1.165, 1.54) is 16.0 Å². The molecule has 6 rings (SSSR count). The fraction of sp³-hybridized carbons (Fsp3) is 0.303. The minimum atomic E-state index is -2.53. The van der Waals surface area contributed by atoms with Crippen LogP contribution in [0.15, 0.2) is 76.5 Å². The summed E-state index contributed by atoms with van der Waals surface area (Å²) in [5.74, 6) is 0.535. The molecule has 0 saturated heterocycles. The van der Waals surface area contributed by atoms with E-state index in [0.717, 1.165) is 41.3 Å². The van der Waals surface area contributed by atoms with Crippen LogP contribution in [0.2, 0.25) is 0 Å². The van der Waals surface area contributed by atoms with Crippen LogP contribution in [0.5, 0.6) is 0 Å². The van der Waals surface area contributed by atoms with Crippen molar-refractivity contribution in [3.8, 4) is 0 Å². The molecule has 0 radical (unpaired) electrons. The summed E-state index contributed by atoms with van der Waals surface area (Å²) in [5.41, 5.74) is 0.947. The number of aromatic nitrogens is 1. The normalized spacial score (nSPS) is 27.6. The van der Waals surface area contributed by atoms with Gasteiger partial charge in [0.15, 0.2) is 0 Å². The van der Waals surface area contributed by atoms with Crippen LogP contribution in [0.3, 0.4) is 0 Å². The van der Waals surface area contributed by atoms with E-state index < -0.39 is 51.0 Å². The second-order valence-electron chi connectivity index (χ2n) is 8.61. The van der Waals surface area contributed by atoms with Crippen LogP contribution < -0.4 is 9.75 Å². The Morgan fingerprint density at radius 2 is 2.16 bits per heavy atom. The predicted octanol–water partition coefficient (Wildman–Crippen LogP) is 7.53. The average Bonchev–Trinajstić information content (AvgIpc) is 3.84. The van der Waals surface area contributed by atoms with Gasteiger partial charge in [0, 0.05) is 34.6 Å². The van der Waals surface area contributed by atoms with Gasteiger partial charge < -0.3 is 5.41 Å². The van der Waals surface area contributed by atoms with Gasteiger partial charge in [0.1, 0.15) is 4.83 Å². The summed E-state index contributed by atoms with van der Waals surface area (Å²) in [6, 6.07) is 2.42. The first kappa shape index (κ1) is 16.4. The van der Waals surface area contributed by atoms with Gasteiger partial charge in [-0.25, -0.2) is 34.4 Å². The van der Waals surface area contributed by atoms with Gasteiger partial charge >= 0.3 is 20.1 Å². The van der Waals surface area contributed by atoms with Crippen molar-refractivity contribution in [3.05, 3.63) is 105 Å². The summed E-state index contributed by atoms with van der Waals surface area (Å²) < 4.78 is 96.2. The van der Waals surface area contributed by atoms with Crippen LogP contribution in [0.4, 0.5) is 0 Å². The Hall–Kier alpha value is -2.72. The fourth-order valence-electron chi connectivity index (χ4n) is 3.77. The maximum Gasteiger partial charge on any atom is 3.00 e. The van der Waals surface area contributed by atoms with E-state index in [-0.39, 0.29) is 37.1 Å². The molecule has 0 amide bonds. The van der Waals surface area contributed by atoms with Gasteiger partial charge in [-0.1, -0.05) is 47.9 Å². The molecule has 4 aliphatic rings. The van der Waals surface area contributed by atoms with Crippen molar-refractivity contribution < 1.29 is 37.9 Å². The minimum absolute atomic E-state index is 0. The molecule has 5 heteroatoms. The predicted molar refractivity (Wildman–Crippen MR) is 163 cm³/mol. The Balaban J connectivity index is 0.000000212. The molecule has 2 aromatic rings. The van der Waals surface area contributed by atoms with Crippen LogP contribution in [-0.4, -0.2) is 16.9 Å². The molecule has 2 unspecified atom stereocenters. The van der Waals surface area contributed by atoms with E-state index in [2.05, 4.69) is 41.2 Å². The Labute approximate surface area is 263 Å². The van der Waals surface area contributed by atoms with Crippen molar-refractivity contribution >= 4 is 45.6 Å². The summed E-state index contributed by atoms with van der Waals surface area (Å²) in [6.45, 7) is -3.61. The van der Waals surface area contributed by atoms with Crippen LogP contribution in [-0.2, 0) is 20.1 Å². The third-order valence-corrected chi connectivity index (χ3v) is 6.76. The first-order valence-electron chi connectivity index (χ1n) is 18.6. The minimum Gasteiger partial charge on any atom is -0.872 e. The molecular weight excluding hydrogens is 663 g/mol. The van der Waals surface area contributed by atoms with Gasteiger partial charge in [-0.15, -0.1) is 28.3 Å². The number of thiophene rings is 1. The molecule has 1 fully saturated rings. The van der Waals surface area contributed by atoms with Gasteiger partial charge in [0.2, 0.25) is 0 Å². The van der Waals surface area contributed by atoms with Gasteiger partial charge in [-0.2, -0.15) is 12.5 Å². The van der Waals surface area contributed by atoms with E-state index in [0.29, 0.717) is 17.9 Å². The molecule has 2 aromatic heterocycles. The van der Waals surface area contributed by atoms with Gasteiger partial charge in [0.05, 0.1) is 1.37 Å². The average molecular weight is 712 g/mol. The maximum atomic E-state index is 10.1. The number of allylic oxidation sites excluding steroid dienone is 8. The van der Waals surface area contributed by atoms with E-state index in [4.69, 9.17) is 17.8 Å². The third-order valence-electron chi connectivity index (χ3n) is 5.68. The summed E-state index contributed by atoms with van der Waals surface area (Å²) in [4.78, 5) is 8.67. The number of rotatable bonds is 4. The molecule has 0 spiro atoms. The molecule has 3 aliphatic carbocycles. The number of nitrogens with zero attached hydrogens (tertiary/aromatic N) is 3. The zero-order valence-corrected chi connectivity index (χ0v) is 23.8. The fourth-order valence-corrected chi connectivity index (χ4v) is 4.87. The number of aliphatic imine (C=N–C) groups is 1. The molecule has 38 heavy (non-hydrogen) atoms. The number of hydrogen-bond donors (Lipinski definition) is 0. The van der Waals surface area contributed by atoms with E-state index in [1.807, 2.05) is 12.1 Å². The number of hydrogen-bond acceptors (Lipinski definition) is 3. The summed E-state index contributed by atoms with van der Waals surface area (Å²) in [5, 5.41) is 12.4. The first-order chi connectivity index (χ1) is 23.2. The SMILES string of the molecule is [2H]/C(C(=C)C([2H])([2H])[2H])=C(\[2H])C(=[N-])C1=CC(C2CC2)=CC[CH-]1.[2H]C([2H])([2H])c1ccc2c3c(sc2n1)=C[CH-]CC=3.[2H]C1C=NC=C(C([2H])([2H])[2H])C1[2H].[Ir+3]. The molecule has 1 saturated carbocycles. The second-order valence-corrected chi connectivity index (χ2v) is 9.64. The Morgan fingerprint density at radius 3 is 2.92 bits per heavy atom. The summed E-state index contributed by atoms with van der Waals surface area (Å²) >= 11 is 1.55. The van der Waals surface area contributed by atoms with Crippen LogP contribution in [0, 0.1) is 25.6 Å². The summed E-state index contributed by atoms with van der Waals surface area (Å²) in [7, 11) is 0. The van der Waals surface area contributed by atoms with Crippen molar-refractivity contribution in [1.82, 2.24) is 4.98 Å². The van der Waals surface area contributed by atoms with Crippen LogP contribution in [0.25, 0.3) is 27.8 Å². The second kappa shape index (κ2) is 14.4. The number of aryl methyl sites for hydroxylation is 1. The van der Waals surface area contributed by atoms with E-state index >= 15 is 0 Å². The molecule has 2 atom stereocenters. The van der Waals surface area contributed by atoms with Crippen molar-refractivity contribution in [2.24, 2.45) is 10.9 Å². The zero-order chi connectivity index (χ0) is 37.2. The first-order valence-corrected chi connectivity index (χ1v) is 12.7. The molecule has 198 valence electrons. The molecule has 0 bridgehead atoms. The maximum absolute atomic E-state index is 10.1. The molecule has 1 aliphatic heterocycles. The van der Waals surface area contributed by atoms with Crippen molar-refractivity contribution in [1.29, 1.82) is 0 Å². The van der Waals surface area contributed by atoms with Crippen molar-refractivity contribution in [2.45, 2.75) is 59.0 Å². The van der Waals surface area contributed by atoms with Gasteiger partial charge in [-0.05, 0) is 63.6 Å². The summed E-state index contributed by atoms with van der Waals surface area (Å²) in [6.07, 6.45) is 16.5. The topological polar surface area (TPSA) is 47.5 Å². The Morgan fingerprint density at radius 1 is 1.26 bits per heavy atom. The third kappa shape index (κ3) is 8.66. The van der Waals surface area contributed by atoms with E-state index in [9.17, 15) is 5.41 Å². The standard InChI is InChI=1S/C15H17N.C12H10NS.C6H9N.Ir/c1-11(2)6-9-15(16)14-5-3-4-13(10-14)12-7-8-12;1-8-6-7-10-9-4-2-3-5-11(9)14-12(10)13-8;1-6-3-2-4-7-5-6;/h4-6,9-10,12H,1,3,7-8H2,2H3;3-7H,2H2,1H3;4-5H,2-3H2,1H3;/q-2;-1;;+3/b9-6-;;;/i2D3,6D,9D;1D3;1D3,2D,3D;. The molecule has 0 aromatic carbocycles. The van der Waals surface area contributed by atoms with Gasteiger partial charge in [0.25, 0.3) is 0 Å². The quantitative estimate of drug-likeness (QED) is 0.184. The molecular formula is C33H36IrN3S. The zero-order valence-electron chi connectivity index (χ0n) is 33.6. The Kier molecular flexibility index (Phi) is 6.23. The van der Waals surface area contributed by atoms with Crippen molar-refractivity contribution in [3.63, 3.8) is 0 Å². The molecule has 0 N–H and O–H groups in total. The smallest absolute Gasteiger partial charge is 0.872 e. The Bertz CT molecular complexity index is 1920. The van der Waals surface area contributed by atoms with Crippen molar-refractivity contribution in [2.75, 3.05) is 0 Å². The largest absolute Gasteiger partial charge is 3.00 e. The number of pyridine rings is 1. The molecule has 3 heterocycles. The van der Waals surface area contributed by atoms with Gasteiger partial charge in [-0.3, -0.25) is 10.7 Å². The monoisotopic (exact) mass is 712 g/mol. The number of fused-ring (bicyclic) bond motifs is 3. The van der Waals surface area contributed by atoms with Crippen LogP contribution in [0.1, 0.15) is 75.7 Å².